The Labute approximate surface area is 112 Å². The molecule has 0 aliphatic rings. The molecule has 0 saturated carbocycles. The van der Waals surface area contributed by atoms with Crippen molar-refractivity contribution in [1.29, 1.82) is 0 Å². The van der Waals surface area contributed by atoms with Gasteiger partial charge in [0.05, 0.1) is 18.3 Å². The molecule has 3 rings (SSSR count). The maximum Gasteiger partial charge on any atom is 0.128 e. The summed E-state index contributed by atoms with van der Waals surface area (Å²) in [6, 6.07) is 12.7. The van der Waals surface area contributed by atoms with Crippen LogP contribution in [0.2, 0.25) is 0 Å². The van der Waals surface area contributed by atoms with Crippen LogP contribution in [0.3, 0.4) is 0 Å². The van der Waals surface area contributed by atoms with Gasteiger partial charge in [0, 0.05) is 15.4 Å². The van der Waals surface area contributed by atoms with Gasteiger partial charge in [0.1, 0.15) is 5.82 Å². The molecular weight excluding hydrogens is 295 g/mol. The highest BCUT2D eigenvalue weighted by Crippen LogP contribution is 2.20. The summed E-state index contributed by atoms with van der Waals surface area (Å²) >= 11 is 3.42. The van der Waals surface area contributed by atoms with E-state index in [2.05, 4.69) is 21.0 Å². The third kappa shape index (κ3) is 2.04. The average Bonchev–Trinajstić information content (AvgIpc) is 2.74. The highest BCUT2D eigenvalue weighted by molar-refractivity contribution is 9.10. The van der Waals surface area contributed by atoms with Crippen molar-refractivity contribution in [2.45, 2.75) is 6.54 Å². The van der Waals surface area contributed by atoms with Crippen molar-refractivity contribution in [3.8, 4) is 0 Å². The van der Waals surface area contributed by atoms with Crippen molar-refractivity contribution in [3.63, 3.8) is 0 Å². The van der Waals surface area contributed by atoms with Crippen LogP contribution in [-0.2, 0) is 6.54 Å². The minimum absolute atomic E-state index is 0.196. The Morgan fingerprint density at radius 3 is 2.83 bits per heavy atom. The van der Waals surface area contributed by atoms with Gasteiger partial charge in [-0.15, -0.1) is 0 Å². The van der Waals surface area contributed by atoms with Crippen molar-refractivity contribution >= 4 is 26.8 Å². The van der Waals surface area contributed by atoms with E-state index in [-0.39, 0.29) is 5.82 Å². The quantitative estimate of drug-likeness (QED) is 0.700. The fraction of sp³-hybridized carbons (Fsp3) is 0.0714. The second kappa shape index (κ2) is 4.53. The lowest BCUT2D eigenvalue weighted by Crippen LogP contribution is -2.03. The minimum Gasteiger partial charge on any atom is -0.260 e. The van der Waals surface area contributed by atoms with Crippen LogP contribution in [0.15, 0.2) is 53.1 Å². The van der Waals surface area contributed by atoms with E-state index in [1.807, 2.05) is 24.3 Å². The zero-order valence-electron chi connectivity index (χ0n) is 9.48. The molecule has 18 heavy (non-hydrogen) atoms. The first kappa shape index (κ1) is 11.4. The largest absolute Gasteiger partial charge is 0.260 e. The average molecular weight is 305 g/mol. The van der Waals surface area contributed by atoms with Crippen LogP contribution < -0.4 is 0 Å². The maximum absolute atomic E-state index is 13.6. The van der Waals surface area contributed by atoms with Gasteiger partial charge in [0.2, 0.25) is 0 Å². The first-order valence-corrected chi connectivity index (χ1v) is 6.38. The van der Waals surface area contributed by atoms with Crippen LogP contribution >= 0.6 is 15.9 Å². The Kier molecular flexibility index (Phi) is 2.88. The first-order chi connectivity index (χ1) is 8.74. The zero-order chi connectivity index (χ0) is 12.5. The van der Waals surface area contributed by atoms with Crippen LogP contribution in [0.5, 0.6) is 0 Å². The SMILES string of the molecule is Fc1ccccc1Cn1ncc2cc(Br)ccc21. The molecular formula is C14H10BrFN2. The van der Waals surface area contributed by atoms with Gasteiger partial charge in [-0.3, -0.25) is 4.68 Å². The van der Waals surface area contributed by atoms with Crippen molar-refractivity contribution in [2.24, 2.45) is 0 Å². The summed E-state index contributed by atoms with van der Waals surface area (Å²) in [7, 11) is 0. The predicted molar refractivity (Wildman–Crippen MR) is 72.9 cm³/mol. The summed E-state index contributed by atoms with van der Waals surface area (Å²) in [4.78, 5) is 0. The lowest BCUT2D eigenvalue weighted by atomic mass is 10.2. The number of nitrogens with zero attached hydrogens (tertiary/aromatic N) is 2. The van der Waals surface area contributed by atoms with Crippen LogP contribution in [0, 0.1) is 5.82 Å². The highest BCUT2D eigenvalue weighted by atomic mass is 79.9. The molecule has 0 aliphatic heterocycles. The van der Waals surface area contributed by atoms with Crippen molar-refractivity contribution in [3.05, 3.63) is 64.5 Å². The van der Waals surface area contributed by atoms with E-state index < -0.39 is 0 Å². The van der Waals surface area contributed by atoms with Gasteiger partial charge in [0.15, 0.2) is 0 Å². The van der Waals surface area contributed by atoms with Crippen molar-refractivity contribution in [2.75, 3.05) is 0 Å². The summed E-state index contributed by atoms with van der Waals surface area (Å²) in [5.74, 6) is -0.196. The molecule has 90 valence electrons. The molecule has 1 aromatic heterocycles. The number of fused-ring (bicyclic) bond motifs is 1. The molecule has 0 radical (unpaired) electrons. The number of aromatic nitrogens is 2. The maximum atomic E-state index is 13.6. The number of rotatable bonds is 2. The Hall–Kier alpha value is -1.68. The van der Waals surface area contributed by atoms with Gasteiger partial charge in [-0.25, -0.2) is 4.39 Å². The Morgan fingerprint density at radius 1 is 1.17 bits per heavy atom. The first-order valence-electron chi connectivity index (χ1n) is 5.58. The van der Waals surface area contributed by atoms with Crippen LogP contribution in [0.4, 0.5) is 4.39 Å². The van der Waals surface area contributed by atoms with Gasteiger partial charge in [-0.1, -0.05) is 34.1 Å². The standard InChI is InChI=1S/C14H10BrFN2/c15-12-5-6-14-11(7-12)8-17-18(14)9-10-3-1-2-4-13(10)16/h1-8H,9H2. The predicted octanol–water partition coefficient (Wildman–Crippen LogP) is 3.99. The fourth-order valence-electron chi connectivity index (χ4n) is 1.97. The summed E-state index contributed by atoms with van der Waals surface area (Å²) in [6.07, 6.45) is 1.79. The number of hydrogen-bond donors (Lipinski definition) is 0. The summed E-state index contributed by atoms with van der Waals surface area (Å²) < 4.78 is 16.4. The normalized spacial score (nSPS) is 11.0. The number of benzene rings is 2. The van der Waals surface area contributed by atoms with E-state index in [4.69, 9.17) is 0 Å². The molecule has 0 fully saturated rings. The van der Waals surface area contributed by atoms with E-state index in [0.717, 1.165) is 15.4 Å². The minimum atomic E-state index is -0.196. The van der Waals surface area contributed by atoms with Gasteiger partial charge in [-0.05, 0) is 24.3 Å². The van der Waals surface area contributed by atoms with Crippen LogP contribution in [0.25, 0.3) is 10.9 Å². The van der Waals surface area contributed by atoms with Gasteiger partial charge >= 0.3 is 0 Å². The Bertz CT molecular complexity index is 706. The lowest BCUT2D eigenvalue weighted by Gasteiger charge is -2.05. The molecule has 0 N–H and O–H groups in total. The molecule has 1 heterocycles. The van der Waals surface area contributed by atoms with Crippen LogP contribution in [0.1, 0.15) is 5.56 Å². The Morgan fingerprint density at radius 2 is 2.00 bits per heavy atom. The summed E-state index contributed by atoms with van der Waals surface area (Å²) in [6.45, 7) is 0.442. The molecule has 0 bridgehead atoms. The fourth-order valence-corrected chi connectivity index (χ4v) is 2.35. The molecule has 4 heteroatoms. The number of hydrogen-bond acceptors (Lipinski definition) is 1. The molecule has 0 amide bonds. The molecule has 0 unspecified atom stereocenters. The second-order valence-electron chi connectivity index (χ2n) is 4.10. The molecule has 3 aromatic rings. The molecule has 0 atom stereocenters. The third-order valence-corrected chi connectivity index (χ3v) is 3.38. The monoisotopic (exact) mass is 304 g/mol. The molecule has 2 aromatic carbocycles. The second-order valence-corrected chi connectivity index (χ2v) is 5.01. The topological polar surface area (TPSA) is 17.8 Å². The van der Waals surface area contributed by atoms with Crippen molar-refractivity contribution < 1.29 is 4.39 Å². The van der Waals surface area contributed by atoms with E-state index in [0.29, 0.717) is 12.1 Å². The summed E-state index contributed by atoms with van der Waals surface area (Å²) in [5.41, 5.74) is 1.65. The lowest BCUT2D eigenvalue weighted by molar-refractivity contribution is 0.590. The molecule has 0 saturated heterocycles. The summed E-state index contributed by atoms with van der Waals surface area (Å²) in [5, 5.41) is 5.34. The van der Waals surface area contributed by atoms with E-state index in [9.17, 15) is 4.39 Å². The van der Waals surface area contributed by atoms with Gasteiger partial charge < -0.3 is 0 Å². The van der Waals surface area contributed by atoms with E-state index in [1.165, 1.54) is 6.07 Å². The molecule has 0 aliphatic carbocycles. The van der Waals surface area contributed by atoms with E-state index >= 15 is 0 Å². The van der Waals surface area contributed by atoms with Gasteiger partial charge in [0.25, 0.3) is 0 Å². The van der Waals surface area contributed by atoms with Gasteiger partial charge in [-0.2, -0.15) is 5.10 Å². The number of halogens is 2. The van der Waals surface area contributed by atoms with E-state index in [1.54, 1.807) is 23.0 Å². The van der Waals surface area contributed by atoms with Crippen molar-refractivity contribution in [1.82, 2.24) is 9.78 Å². The molecule has 2 nitrogen and oxygen atoms in total. The zero-order valence-corrected chi connectivity index (χ0v) is 11.1. The third-order valence-electron chi connectivity index (χ3n) is 2.88. The molecule has 0 spiro atoms. The Balaban J connectivity index is 2.03. The highest BCUT2D eigenvalue weighted by Gasteiger charge is 2.06. The smallest absolute Gasteiger partial charge is 0.128 e. The van der Waals surface area contributed by atoms with Crippen LogP contribution in [-0.4, -0.2) is 9.78 Å².